The van der Waals surface area contributed by atoms with E-state index in [0.717, 1.165) is 42.9 Å². The number of ether oxygens (including phenoxy) is 1. The fraction of sp³-hybridized carbons (Fsp3) is 0.444. The van der Waals surface area contributed by atoms with Crippen LogP contribution in [-0.2, 0) is 16.1 Å². The Balaban J connectivity index is 1.32. The van der Waals surface area contributed by atoms with Gasteiger partial charge >= 0.3 is 0 Å². The van der Waals surface area contributed by atoms with Gasteiger partial charge in [0.2, 0.25) is 11.0 Å². The summed E-state index contributed by atoms with van der Waals surface area (Å²) in [6, 6.07) is 7.19. The average Bonchev–Trinajstić information content (AvgIpc) is 3.16. The fourth-order valence-corrected chi connectivity index (χ4v) is 3.63. The number of amides is 2. The van der Waals surface area contributed by atoms with Crippen molar-refractivity contribution in [2.45, 2.75) is 38.3 Å². The monoisotopic (exact) mass is 372 g/mol. The van der Waals surface area contributed by atoms with E-state index in [9.17, 15) is 9.59 Å². The lowest BCUT2D eigenvalue weighted by molar-refractivity contribution is -0.122. The number of nitrogens with one attached hydrogen (secondary N) is 2. The van der Waals surface area contributed by atoms with Crippen molar-refractivity contribution in [1.29, 1.82) is 0 Å². The van der Waals surface area contributed by atoms with Gasteiger partial charge < -0.3 is 10.1 Å². The normalized spacial score (nSPS) is 19.3. The summed E-state index contributed by atoms with van der Waals surface area (Å²) in [4.78, 5) is 24.0. The third-order valence-electron chi connectivity index (χ3n) is 4.50. The number of hydrogen-bond acceptors (Lipinski definition) is 6. The largest absolute Gasteiger partial charge is 0.371 e. The molecule has 1 aromatic carbocycles. The molecule has 1 saturated carbocycles. The van der Waals surface area contributed by atoms with Crippen LogP contribution in [0.5, 0.6) is 0 Å². The molecule has 1 aromatic heterocycles. The van der Waals surface area contributed by atoms with Crippen molar-refractivity contribution in [3.8, 4) is 0 Å². The number of anilines is 1. The Bertz CT molecular complexity index is 795. The van der Waals surface area contributed by atoms with Crippen molar-refractivity contribution in [3.63, 3.8) is 0 Å². The van der Waals surface area contributed by atoms with Crippen LogP contribution < -0.4 is 10.6 Å². The van der Waals surface area contributed by atoms with E-state index in [1.54, 1.807) is 12.1 Å². The quantitative estimate of drug-likeness (QED) is 0.813. The molecule has 1 aliphatic carbocycles. The minimum atomic E-state index is -0.228. The Labute approximate surface area is 155 Å². The third kappa shape index (κ3) is 4.08. The predicted octanol–water partition coefficient (Wildman–Crippen LogP) is 2.67. The lowest BCUT2D eigenvalue weighted by Crippen LogP contribution is -2.24. The molecule has 0 radical (unpaired) electrons. The van der Waals surface area contributed by atoms with Crippen LogP contribution in [0.2, 0.25) is 0 Å². The molecule has 1 unspecified atom stereocenters. The summed E-state index contributed by atoms with van der Waals surface area (Å²) in [5.74, 6) is 0.0882. The highest BCUT2D eigenvalue weighted by molar-refractivity contribution is 7.15. The topological polar surface area (TPSA) is 93.2 Å². The molecule has 7 nitrogen and oxygen atoms in total. The molecule has 2 amide bonds. The van der Waals surface area contributed by atoms with Crippen molar-refractivity contribution < 1.29 is 14.3 Å². The first-order chi connectivity index (χ1) is 12.7. The molecule has 4 rings (SSSR count). The highest BCUT2D eigenvalue weighted by Gasteiger charge is 2.29. The lowest BCUT2D eigenvalue weighted by atomic mass is 10.1. The van der Waals surface area contributed by atoms with Crippen molar-refractivity contribution in [1.82, 2.24) is 15.5 Å². The van der Waals surface area contributed by atoms with Crippen LogP contribution >= 0.6 is 11.3 Å². The maximum Gasteiger partial charge on any atom is 0.257 e. The van der Waals surface area contributed by atoms with Gasteiger partial charge in [-0.3, -0.25) is 14.9 Å². The molecule has 2 heterocycles. The van der Waals surface area contributed by atoms with Crippen molar-refractivity contribution in [3.05, 3.63) is 40.4 Å². The van der Waals surface area contributed by atoms with Crippen LogP contribution in [0.1, 0.15) is 52.7 Å². The molecule has 26 heavy (non-hydrogen) atoms. The second kappa shape index (κ2) is 7.51. The van der Waals surface area contributed by atoms with E-state index in [2.05, 4.69) is 20.8 Å². The van der Waals surface area contributed by atoms with Gasteiger partial charge in [-0.25, -0.2) is 0 Å². The molecule has 2 aliphatic rings. The van der Waals surface area contributed by atoms with E-state index < -0.39 is 0 Å². The van der Waals surface area contributed by atoms with Crippen LogP contribution in [0.3, 0.4) is 0 Å². The Morgan fingerprint density at radius 1 is 1.15 bits per heavy atom. The Kier molecular flexibility index (Phi) is 4.94. The van der Waals surface area contributed by atoms with Crippen molar-refractivity contribution in [2.75, 3.05) is 11.9 Å². The first-order valence-electron chi connectivity index (χ1n) is 8.82. The van der Waals surface area contributed by atoms with E-state index in [0.29, 0.717) is 17.2 Å². The molecule has 136 valence electrons. The van der Waals surface area contributed by atoms with Crippen LogP contribution in [0, 0.1) is 5.92 Å². The van der Waals surface area contributed by atoms with Crippen molar-refractivity contribution in [2.24, 2.45) is 5.92 Å². The Morgan fingerprint density at radius 3 is 2.65 bits per heavy atom. The van der Waals surface area contributed by atoms with Gasteiger partial charge in [-0.15, -0.1) is 10.2 Å². The van der Waals surface area contributed by atoms with Gasteiger partial charge in [0.25, 0.3) is 5.91 Å². The van der Waals surface area contributed by atoms with Gasteiger partial charge in [-0.2, -0.15) is 0 Å². The molecule has 2 fully saturated rings. The first kappa shape index (κ1) is 17.1. The van der Waals surface area contributed by atoms with Gasteiger partial charge in [0.15, 0.2) is 0 Å². The summed E-state index contributed by atoms with van der Waals surface area (Å²) in [5.41, 5.74) is 1.50. The summed E-state index contributed by atoms with van der Waals surface area (Å²) in [7, 11) is 0. The summed E-state index contributed by atoms with van der Waals surface area (Å²) in [5, 5.41) is 15.1. The molecule has 2 aromatic rings. The Morgan fingerprint density at radius 2 is 1.96 bits per heavy atom. The van der Waals surface area contributed by atoms with Crippen LogP contribution in [0.25, 0.3) is 0 Å². The Hall–Kier alpha value is -2.32. The molecular weight excluding hydrogens is 352 g/mol. The van der Waals surface area contributed by atoms with Crippen LogP contribution in [0.4, 0.5) is 5.13 Å². The number of carbonyl (C=O) groups is 2. The number of benzene rings is 1. The highest BCUT2D eigenvalue weighted by Crippen LogP contribution is 2.32. The molecule has 0 bridgehead atoms. The second-order valence-corrected chi connectivity index (χ2v) is 7.60. The SMILES string of the molecule is O=C(Nc1nnc(C2CCCO2)s1)c1ccc(CNC(=O)C2CC2)cc1. The molecule has 1 saturated heterocycles. The average molecular weight is 372 g/mol. The molecule has 1 atom stereocenters. The second-order valence-electron chi connectivity index (χ2n) is 6.59. The van der Waals surface area contributed by atoms with Gasteiger partial charge in [-0.1, -0.05) is 23.5 Å². The molecule has 1 aliphatic heterocycles. The lowest BCUT2D eigenvalue weighted by Gasteiger charge is -2.06. The minimum absolute atomic E-state index is 0.00304. The van der Waals surface area contributed by atoms with E-state index in [1.807, 2.05) is 12.1 Å². The third-order valence-corrected chi connectivity index (χ3v) is 5.43. The summed E-state index contributed by atoms with van der Waals surface area (Å²) in [6.07, 6.45) is 3.96. The van der Waals surface area contributed by atoms with E-state index in [-0.39, 0.29) is 23.8 Å². The number of hydrogen-bond donors (Lipinski definition) is 2. The minimum Gasteiger partial charge on any atom is -0.371 e. The van der Waals surface area contributed by atoms with Gasteiger partial charge in [-0.05, 0) is 43.4 Å². The zero-order valence-electron chi connectivity index (χ0n) is 14.2. The molecule has 8 heteroatoms. The maximum atomic E-state index is 12.3. The van der Waals surface area contributed by atoms with E-state index in [4.69, 9.17) is 4.74 Å². The molecular formula is C18H20N4O3S. The standard InChI is InChI=1S/C18H20N4O3S/c23-15(12-7-8-12)19-10-11-3-5-13(6-4-11)16(24)20-18-22-21-17(26-18)14-2-1-9-25-14/h3-6,12,14H,1-2,7-10H2,(H,19,23)(H,20,22,24). The molecule has 2 N–H and O–H groups in total. The predicted molar refractivity (Wildman–Crippen MR) is 96.8 cm³/mol. The number of rotatable bonds is 6. The van der Waals surface area contributed by atoms with Crippen LogP contribution in [-0.4, -0.2) is 28.6 Å². The zero-order valence-corrected chi connectivity index (χ0v) is 15.1. The fourth-order valence-electron chi connectivity index (χ4n) is 2.81. The van der Waals surface area contributed by atoms with E-state index >= 15 is 0 Å². The van der Waals surface area contributed by atoms with Gasteiger partial charge in [0, 0.05) is 24.6 Å². The number of carbonyl (C=O) groups excluding carboxylic acids is 2. The maximum absolute atomic E-state index is 12.3. The van der Waals surface area contributed by atoms with Crippen LogP contribution in [0.15, 0.2) is 24.3 Å². The molecule has 0 spiro atoms. The van der Waals surface area contributed by atoms with E-state index in [1.165, 1.54) is 11.3 Å². The number of nitrogens with zero attached hydrogens (tertiary/aromatic N) is 2. The summed E-state index contributed by atoms with van der Waals surface area (Å²) < 4.78 is 5.58. The smallest absolute Gasteiger partial charge is 0.257 e. The first-order valence-corrected chi connectivity index (χ1v) is 9.64. The summed E-state index contributed by atoms with van der Waals surface area (Å²) in [6.45, 7) is 1.23. The van der Waals surface area contributed by atoms with Crippen molar-refractivity contribution >= 4 is 28.3 Å². The number of aromatic nitrogens is 2. The summed E-state index contributed by atoms with van der Waals surface area (Å²) >= 11 is 1.35. The van der Waals surface area contributed by atoms with Gasteiger partial charge in [0.05, 0.1) is 0 Å². The zero-order chi connectivity index (χ0) is 17.9. The van der Waals surface area contributed by atoms with Gasteiger partial charge in [0.1, 0.15) is 11.1 Å². The highest BCUT2D eigenvalue weighted by atomic mass is 32.1.